The number of aromatic amines is 1. The van der Waals surface area contributed by atoms with Crippen molar-refractivity contribution in [3.63, 3.8) is 0 Å². The van der Waals surface area contributed by atoms with E-state index in [4.69, 9.17) is 4.74 Å². The maximum absolute atomic E-state index is 12.1. The largest absolute Gasteiger partial charge is 0.484 e. The molecule has 0 aliphatic rings. The van der Waals surface area contributed by atoms with Crippen LogP contribution in [0.15, 0.2) is 47.3 Å². The van der Waals surface area contributed by atoms with Gasteiger partial charge in [0.2, 0.25) is 0 Å². The molecule has 2 N–H and O–H groups in total. The van der Waals surface area contributed by atoms with Crippen LogP contribution < -0.4 is 15.6 Å². The van der Waals surface area contributed by atoms with Crippen molar-refractivity contribution in [3.8, 4) is 5.75 Å². The first-order chi connectivity index (χ1) is 12.5. The second-order valence-corrected chi connectivity index (χ2v) is 6.32. The number of hydrogen-bond acceptors (Lipinski definition) is 3. The summed E-state index contributed by atoms with van der Waals surface area (Å²) >= 11 is 0. The van der Waals surface area contributed by atoms with E-state index in [0.717, 1.165) is 22.1 Å². The summed E-state index contributed by atoms with van der Waals surface area (Å²) in [5.74, 6) is 0.404. The molecule has 0 fully saturated rings. The summed E-state index contributed by atoms with van der Waals surface area (Å²) in [6, 6.07) is 13.1. The lowest BCUT2D eigenvalue weighted by molar-refractivity contribution is -0.118. The number of anilines is 1. The van der Waals surface area contributed by atoms with Crippen molar-refractivity contribution in [1.82, 2.24) is 4.98 Å². The van der Waals surface area contributed by atoms with E-state index in [1.165, 1.54) is 0 Å². The Balaban J connectivity index is 1.74. The number of carbonyl (C=O) groups is 1. The van der Waals surface area contributed by atoms with E-state index >= 15 is 0 Å². The third kappa shape index (κ3) is 3.77. The van der Waals surface area contributed by atoms with Gasteiger partial charge in [-0.15, -0.1) is 0 Å². The smallest absolute Gasteiger partial charge is 0.262 e. The zero-order chi connectivity index (χ0) is 18.7. The number of carbonyl (C=O) groups excluding carboxylic acids is 1. The highest BCUT2D eigenvalue weighted by molar-refractivity contribution is 5.95. The fraction of sp³-hybridized carbons (Fsp3) is 0.238. The summed E-state index contributed by atoms with van der Waals surface area (Å²) in [4.78, 5) is 27.2. The second-order valence-electron chi connectivity index (χ2n) is 6.32. The van der Waals surface area contributed by atoms with Crippen LogP contribution in [0.3, 0.4) is 0 Å². The van der Waals surface area contributed by atoms with E-state index in [9.17, 15) is 9.59 Å². The minimum atomic E-state index is -0.255. The number of pyridine rings is 1. The molecule has 0 atom stereocenters. The lowest BCUT2D eigenvalue weighted by Crippen LogP contribution is -2.20. The molecular weight excluding hydrogens is 328 g/mol. The van der Waals surface area contributed by atoms with Crippen LogP contribution in [0.4, 0.5) is 5.69 Å². The first kappa shape index (κ1) is 17.7. The Labute approximate surface area is 152 Å². The van der Waals surface area contributed by atoms with Gasteiger partial charge in [-0.2, -0.15) is 0 Å². The molecule has 0 aliphatic heterocycles. The zero-order valence-corrected chi connectivity index (χ0v) is 15.2. The quantitative estimate of drug-likeness (QED) is 0.737. The molecule has 0 saturated heterocycles. The molecule has 0 unspecified atom stereocenters. The molecule has 26 heavy (non-hydrogen) atoms. The Bertz CT molecular complexity index is 1020. The third-order valence-electron chi connectivity index (χ3n) is 4.40. The van der Waals surface area contributed by atoms with Crippen molar-refractivity contribution < 1.29 is 9.53 Å². The first-order valence-electron chi connectivity index (χ1n) is 8.62. The highest BCUT2D eigenvalue weighted by Crippen LogP contribution is 2.21. The van der Waals surface area contributed by atoms with Crippen molar-refractivity contribution in [2.75, 3.05) is 11.9 Å². The lowest BCUT2D eigenvalue weighted by Gasteiger charge is -2.11. The van der Waals surface area contributed by atoms with Crippen LogP contribution in [-0.4, -0.2) is 17.5 Å². The summed E-state index contributed by atoms with van der Waals surface area (Å²) in [6.45, 7) is 5.80. The Morgan fingerprint density at radius 3 is 2.69 bits per heavy atom. The Hall–Kier alpha value is -3.08. The number of ether oxygens (including phenoxy) is 1. The molecule has 1 amide bonds. The monoisotopic (exact) mass is 350 g/mol. The molecule has 1 aromatic heterocycles. The minimum absolute atomic E-state index is 0.0776. The second kappa shape index (κ2) is 7.44. The number of hydrogen-bond donors (Lipinski definition) is 2. The first-order valence-corrected chi connectivity index (χ1v) is 8.62. The van der Waals surface area contributed by atoms with Crippen LogP contribution >= 0.6 is 0 Å². The van der Waals surface area contributed by atoms with Gasteiger partial charge >= 0.3 is 0 Å². The Morgan fingerprint density at radius 2 is 1.96 bits per heavy atom. The van der Waals surface area contributed by atoms with Gasteiger partial charge in [0.1, 0.15) is 5.75 Å². The van der Waals surface area contributed by atoms with Gasteiger partial charge < -0.3 is 15.0 Å². The molecule has 0 bridgehead atoms. The number of benzene rings is 2. The van der Waals surface area contributed by atoms with Gasteiger partial charge in [-0.1, -0.05) is 25.1 Å². The molecule has 5 heteroatoms. The fourth-order valence-corrected chi connectivity index (χ4v) is 3.06. The lowest BCUT2D eigenvalue weighted by atomic mass is 10.0. The van der Waals surface area contributed by atoms with E-state index in [0.29, 0.717) is 23.4 Å². The molecule has 0 aliphatic carbocycles. The van der Waals surface area contributed by atoms with Crippen molar-refractivity contribution in [2.45, 2.75) is 27.2 Å². The molecule has 2 aromatic carbocycles. The van der Waals surface area contributed by atoms with Gasteiger partial charge in [0.15, 0.2) is 6.61 Å². The van der Waals surface area contributed by atoms with Crippen molar-refractivity contribution in [3.05, 3.63) is 69.5 Å². The zero-order valence-electron chi connectivity index (χ0n) is 15.2. The van der Waals surface area contributed by atoms with Crippen LogP contribution in [0.2, 0.25) is 0 Å². The minimum Gasteiger partial charge on any atom is -0.484 e. The van der Waals surface area contributed by atoms with Gasteiger partial charge in [0.25, 0.3) is 11.5 Å². The van der Waals surface area contributed by atoms with E-state index in [2.05, 4.69) is 10.3 Å². The molecular formula is C21H22N2O3. The Kier molecular flexibility index (Phi) is 5.07. The fourth-order valence-electron chi connectivity index (χ4n) is 3.06. The van der Waals surface area contributed by atoms with E-state index < -0.39 is 0 Å². The number of nitrogens with one attached hydrogen (secondary N) is 2. The van der Waals surface area contributed by atoms with Crippen molar-refractivity contribution in [1.29, 1.82) is 0 Å². The van der Waals surface area contributed by atoms with Gasteiger partial charge in [-0.25, -0.2) is 0 Å². The topological polar surface area (TPSA) is 71.2 Å². The number of amides is 1. The third-order valence-corrected chi connectivity index (χ3v) is 4.40. The molecule has 3 rings (SSSR count). The van der Waals surface area contributed by atoms with E-state index in [1.807, 2.05) is 57.2 Å². The number of aromatic nitrogens is 1. The SMILES string of the molecule is CCc1c(C)c2ccc(NC(=O)COc3cccc(C)c3)cc2[nH]c1=O. The van der Waals surface area contributed by atoms with Crippen LogP contribution in [0.25, 0.3) is 10.9 Å². The van der Waals surface area contributed by atoms with E-state index in [-0.39, 0.29) is 18.1 Å². The normalized spacial score (nSPS) is 10.7. The maximum atomic E-state index is 12.1. The molecule has 0 saturated carbocycles. The number of H-pyrrole nitrogens is 1. The van der Waals surface area contributed by atoms with Gasteiger partial charge in [-0.3, -0.25) is 9.59 Å². The van der Waals surface area contributed by atoms with E-state index in [1.54, 1.807) is 6.07 Å². The predicted octanol–water partition coefficient (Wildman–Crippen LogP) is 3.72. The molecule has 0 spiro atoms. The summed E-state index contributed by atoms with van der Waals surface area (Å²) in [5.41, 5.74) is 4.09. The highest BCUT2D eigenvalue weighted by atomic mass is 16.5. The average molecular weight is 350 g/mol. The van der Waals surface area contributed by atoms with Crippen molar-refractivity contribution in [2.24, 2.45) is 0 Å². The summed E-state index contributed by atoms with van der Waals surface area (Å²) in [7, 11) is 0. The van der Waals surface area contributed by atoms with Gasteiger partial charge in [0.05, 0.1) is 5.52 Å². The summed E-state index contributed by atoms with van der Waals surface area (Å²) in [5, 5.41) is 3.78. The average Bonchev–Trinajstić information content (AvgIpc) is 2.60. The number of rotatable bonds is 5. The molecule has 5 nitrogen and oxygen atoms in total. The summed E-state index contributed by atoms with van der Waals surface area (Å²) < 4.78 is 5.51. The number of fused-ring (bicyclic) bond motifs is 1. The molecule has 134 valence electrons. The molecule has 0 radical (unpaired) electrons. The molecule has 1 heterocycles. The van der Waals surface area contributed by atoms with Crippen LogP contribution in [0.1, 0.15) is 23.6 Å². The van der Waals surface area contributed by atoms with Crippen LogP contribution in [0.5, 0.6) is 5.75 Å². The van der Waals surface area contributed by atoms with Crippen molar-refractivity contribution >= 4 is 22.5 Å². The van der Waals surface area contributed by atoms with Gasteiger partial charge in [0, 0.05) is 16.6 Å². The highest BCUT2D eigenvalue weighted by Gasteiger charge is 2.09. The van der Waals surface area contributed by atoms with Gasteiger partial charge in [-0.05, 0) is 55.7 Å². The standard InChI is InChI=1S/C21H22N2O3/c1-4-17-14(3)18-9-8-15(11-19(18)23-21(17)25)22-20(24)12-26-16-7-5-6-13(2)10-16/h5-11H,4,12H2,1-3H3,(H,22,24)(H,23,25). The Morgan fingerprint density at radius 1 is 1.15 bits per heavy atom. The number of aryl methyl sites for hydroxylation is 2. The summed E-state index contributed by atoms with van der Waals surface area (Å²) in [6.07, 6.45) is 0.686. The van der Waals surface area contributed by atoms with Crippen LogP contribution in [0, 0.1) is 13.8 Å². The molecule has 3 aromatic rings. The predicted molar refractivity (Wildman–Crippen MR) is 104 cm³/mol. The van der Waals surface area contributed by atoms with Crippen LogP contribution in [-0.2, 0) is 11.2 Å². The maximum Gasteiger partial charge on any atom is 0.262 e.